The van der Waals surface area contributed by atoms with Crippen LogP contribution in [0.2, 0.25) is 0 Å². The van der Waals surface area contributed by atoms with Gasteiger partial charge in [0.1, 0.15) is 0 Å². The van der Waals surface area contributed by atoms with Crippen molar-refractivity contribution in [2.75, 3.05) is 6.54 Å². The molecular weight excluding hydrogens is 238 g/mol. The Balaban J connectivity index is 2.26. The lowest BCUT2D eigenvalue weighted by Crippen LogP contribution is -2.21. The number of rotatable bonds is 6. The van der Waals surface area contributed by atoms with Gasteiger partial charge in [0.25, 0.3) is 0 Å². The van der Waals surface area contributed by atoms with E-state index < -0.39 is 0 Å². The van der Waals surface area contributed by atoms with Crippen LogP contribution in [-0.2, 0) is 0 Å². The van der Waals surface area contributed by atoms with Gasteiger partial charge in [-0.3, -0.25) is 0 Å². The van der Waals surface area contributed by atoms with Gasteiger partial charge in [-0.05, 0) is 47.7 Å². The predicted octanol–water partition coefficient (Wildman–Crippen LogP) is 4.99. The molecule has 0 bridgehead atoms. The van der Waals surface area contributed by atoms with Crippen LogP contribution in [-0.4, -0.2) is 6.54 Å². The topological polar surface area (TPSA) is 12.0 Å². The summed E-state index contributed by atoms with van der Waals surface area (Å²) in [4.78, 5) is 0. The fraction of sp³-hybridized carbons (Fsp3) is 0.500. The van der Waals surface area contributed by atoms with E-state index in [4.69, 9.17) is 0 Å². The maximum absolute atomic E-state index is 3.64. The van der Waals surface area contributed by atoms with Crippen molar-refractivity contribution in [2.24, 2.45) is 5.92 Å². The molecule has 0 aliphatic heterocycles. The van der Waals surface area contributed by atoms with Crippen molar-refractivity contribution < 1.29 is 0 Å². The van der Waals surface area contributed by atoms with E-state index in [0.717, 1.165) is 12.5 Å². The number of hydrogen-bond donors (Lipinski definition) is 1. The molecule has 0 saturated carbocycles. The molecule has 0 saturated heterocycles. The van der Waals surface area contributed by atoms with Crippen molar-refractivity contribution >= 4 is 21.4 Å². The normalized spacial score (nSPS) is 13.3. The van der Waals surface area contributed by atoms with E-state index >= 15 is 0 Å². The molecule has 1 heterocycles. The van der Waals surface area contributed by atoms with Gasteiger partial charge in [0.05, 0.1) is 0 Å². The molecule has 0 amide bonds. The van der Waals surface area contributed by atoms with Crippen LogP contribution in [0.4, 0.5) is 0 Å². The van der Waals surface area contributed by atoms with E-state index in [1.165, 1.54) is 28.5 Å². The van der Waals surface area contributed by atoms with Gasteiger partial charge in [-0.1, -0.05) is 39.0 Å². The molecule has 2 rings (SSSR count). The summed E-state index contributed by atoms with van der Waals surface area (Å²) < 4.78 is 1.45. The van der Waals surface area contributed by atoms with E-state index in [1.807, 2.05) is 11.3 Å². The van der Waals surface area contributed by atoms with Gasteiger partial charge in [-0.15, -0.1) is 11.3 Å². The van der Waals surface area contributed by atoms with E-state index in [-0.39, 0.29) is 0 Å². The van der Waals surface area contributed by atoms with Crippen molar-refractivity contribution in [3.8, 4) is 0 Å². The van der Waals surface area contributed by atoms with E-state index in [2.05, 4.69) is 55.7 Å². The van der Waals surface area contributed by atoms with Gasteiger partial charge >= 0.3 is 0 Å². The maximum Gasteiger partial charge on any atom is 0.0390 e. The lowest BCUT2D eigenvalue weighted by atomic mass is 9.97. The fourth-order valence-electron chi connectivity index (χ4n) is 2.40. The third-order valence-electron chi connectivity index (χ3n) is 3.37. The zero-order valence-corrected chi connectivity index (χ0v) is 12.4. The minimum Gasteiger partial charge on any atom is -0.310 e. The van der Waals surface area contributed by atoms with Crippen LogP contribution in [0.5, 0.6) is 0 Å². The third-order valence-corrected chi connectivity index (χ3v) is 4.35. The first-order valence-electron chi connectivity index (χ1n) is 6.92. The highest BCUT2D eigenvalue weighted by atomic mass is 32.1. The van der Waals surface area contributed by atoms with Crippen molar-refractivity contribution in [3.05, 3.63) is 35.2 Å². The lowest BCUT2D eigenvalue weighted by Gasteiger charge is -2.20. The first-order valence-corrected chi connectivity index (χ1v) is 7.79. The summed E-state index contributed by atoms with van der Waals surface area (Å²) in [5, 5.41) is 7.22. The summed E-state index contributed by atoms with van der Waals surface area (Å²) in [6.45, 7) is 7.82. The molecule has 0 aliphatic carbocycles. The smallest absolute Gasteiger partial charge is 0.0390 e. The zero-order valence-electron chi connectivity index (χ0n) is 11.6. The molecular formula is C16H23NS. The molecule has 1 unspecified atom stereocenters. The minimum absolute atomic E-state index is 0.500. The first kappa shape index (κ1) is 13.6. The first-order chi connectivity index (χ1) is 8.72. The molecule has 2 heteroatoms. The average molecular weight is 261 g/mol. The van der Waals surface area contributed by atoms with Crippen LogP contribution in [0.3, 0.4) is 0 Å². The quantitative estimate of drug-likeness (QED) is 0.772. The number of fused-ring (bicyclic) bond motifs is 1. The highest BCUT2D eigenvalue weighted by Gasteiger charge is 2.14. The Labute approximate surface area is 114 Å². The molecule has 1 nitrogen and oxygen atoms in total. The molecule has 0 radical (unpaired) electrons. The number of thiophene rings is 1. The highest BCUT2D eigenvalue weighted by Crippen LogP contribution is 2.31. The maximum atomic E-state index is 3.64. The molecule has 0 aliphatic rings. The number of benzene rings is 1. The highest BCUT2D eigenvalue weighted by molar-refractivity contribution is 7.17. The fourth-order valence-corrected chi connectivity index (χ4v) is 3.37. The van der Waals surface area contributed by atoms with Crippen molar-refractivity contribution in [2.45, 2.75) is 39.7 Å². The Bertz CT molecular complexity index is 487. The molecule has 18 heavy (non-hydrogen) atoms. The third kappa shape index (κ3) is 3.12. The van der Waals surface area contributed by atoms with Crippen LogP contribution in [0.1, 0.15) is 45.2 Å². The van der Waals surface area contributed by atoms with E-state index in [0.29, 0.717) is 6.04 Å². The molecule has 1 aromatic heterocycles. The second-order valence-electron chi connectivity index (χ2n) is 5.27. The van der Waals surface area contributed by atoms with Crippen LogP contribution >= 0.6 is 11.3 Å². The van der Waals surface area contributed by atoms with Crippen molar-refractivity contribution in [1.82, 2.24) is 5.32 Å². The van der Waals surface area contributed by atoms with Gasteiger partial charge in [0, 0.05) is 10.7 Å². The molecule has 0 fully saturated rings. The van der Waals surface area contributed by atoms with Gasteiger partial charge in [0.2, 0.25) is 0 Å². The minimum atomic E-state index is 0.500. The monoisotopic (exact) mass is 261 g/mol. The Morgan fingerprint density at radius 1 is 1.17 bits per heavy atom. The Kier molecular flexibility index (Phi) is 4.79. The molecule has 98 valence electrons. The standard InChI is InChI=1S/C16H23NS/c1-4-17-15(9-8-12(2)3)14-7-5-6-13-10-11-18-16(13)14/h5-7,10-12,15,17H,4,8-9H2,1-3H3. The van der Waals surface area contributed by atoms with Crippen LogP contribution in [0.15, 0.2) is 29.6 Å². The summed E-state index contributed by atoms with van der Waals surface area (Å²) >= 11 is 1.86. The Morgan fingerprint density at radius 2 is 2.00 bits per heavy atom. The summed E-state index contributed by atoms with van der Waals surface area (Å²) in [6.07, 6.45) is 2.50. The largest absolute Gasteiger partial charge is 0.310 e. The lowest BCUT2D eigenvalue weighted by molar-refractivity contribution is 0.450. The second-order valence-corrected chi connectivity index (χ2v) is 6.18. The molecule has 1 atom stereocenters. The van der Waals surface area contributed by atoms with Crippen molar-refractivity contribution in [1.29, 1.82) is 0 Å². The van der Waals surface area contributed by atoms with Crippen LogP contribution in [0.25, 0.3) is 10.1 Å². The van der Waals surface area contributed by atoms with Gasteiger partial charge in [-0.25, -0.2) is 0 Å². The second kappa shape index (κ2) is 6.35. The predicted molar refractivity (Wildman–Crippen MR) is 82.3 cm³/mol. The molecule has 1 aromatic carbocycles. The van der Waals surface area contributed by atoms with Gasteiger partial charge in [-0.2, -0.15) is 0 Å². The van der Waals surface area contributed by atoms with E-state index in [1.54, 1.807) is 0 Å². The van der Waals surface area contributed by atoms with Crippen molar-refractivity contribution in [3.63, 3.8) is 0 Å². The van der Waals surface area contributed by atoms with Crippen LogP contribution < -0.4 is 5.32 Å². The summed E-state index contributed by atoms with van der Waals surface area (Å²) in [5.41, 5.74) is 1.48. The number of hydrogen-bond acceptors (Lipinski definition) is 2. The Morgan fingerprint density at radius 3 is 2.72 bits per heavy atom. The number of nitrogens with one attached hydrogen (secondary N) is 1. The molecule has 1 N–H and O–H groups in total. The van der Waals surface area contributed by atoms with Gasteiger partial charge in [0.15, 0.2) is 0 Å². The summed E-state index contributed by atoms with van der Waals surface area (Å²) in [6, 6.07) is 9.39. The van der Waals surface area contributed by atoms with Crippen LogP contribution in [0, 0.1) is 5.92 Å². The van der Waals surface area contributed by atoms with E-state index in [9.17, 15) is 0 Å². The van der Waals surface area contributed by atoms with Gasteiger partial charge < -0.3 is 5.32 Å². The molecule has 0 spiro atoms. The SMILES string of the molecule is CCNC(CCC(C)C)c1cccc2ccsc12. The summed E-state index contributed by atoms with van der Waals surface area (Å²) in [7, 11) is 0. The summed E-state index contributed by atoms with van der Waals surface area (Å²) in [5.74, 6) is 0.772. The average Bonchev–Trinajstić information content (AvgIpc) is 2.82. The Hall–Kier alpha value is -0.860. The zero-order chi connectivity index (χ0) is 13.0. The molecule has 2 aromatic rings.